The van der Waals surface area contributed by atoms with Gasteiger partial charge in [0, 0.05) is 0 Å². The van der Waals surface area contributed by atoms with Crippen LogP contribution in [0.5, 0.6) is 0 Å². The van der Waals surface area contributed by atoms with Crippen LogP contribution in [0.25, 0.3) is 0 Å². The molecule has 0 spiro atoms. The molecule has 1 aliphatic heterocycles. The van der Waals surface area contributed by atoms with Crippen molar-refractivity contribution in [2.45, 2.75) is 51.2 Å². The van der Waals surface area contributed by atoms with E-state index in [1.807, 2.05) is 12.2 Å². The second-order valence-electron chi connectivity index (χ2n) is 5.19. The first kappa shape index (κ1) is 22.9. The predicted octanol–water partition coefficient (Wildman–Crippen LogP) is -1.21. The summed E-state index contributed by atoms with van der Waals surface area (Å²) < 4.78 is 0. The fourth-order valence-electron chi connectivity index (χ4n) is 2.76. The van der Waals surface area contributed by atoms with Gasteiger partial charge in [0.25, 0.3) is 0 Å². The van der Waals surface area contributed by atoms with Crippen LogP contribution in [0.1, 0.15) is 33.1 Å². The molecule has 4 heteroatoms. The molecule has 0 radical (unpaired) electrons. The van der Waals surface area contributed by atoms with Crippen molar-refractivity contribution < 1.29 is 50.7 Å². The first-order valence-corrected chi connectivity index (χ1v) is 9.41. The van der Waals surface area contributed by atoms with Crippen molar-refractivity contribution in [3.8, 4) is 0 Å². The Kier molecular flexibility index (Phi) is 12.9. The Morgan fingerprint density at radius 3 is 2.20 bits per heavy atom. The molecule has 3 rings (SSSR count). The van der Waals surface area contributed by atoms with Gasteiger partial charge in [0.1, 0.15) is 0 Å². The van der Waals surface area contributed by atoms with Crippen molar-refractivity contribution in [3.63, 3.8) is 0 Å². The van der Waals surface area contributed by atoms with E-state index < -0.39 is 8.07 Å². The van der Waals surface area contributed by atoms with Gasteiger partial charge >= 0.3 is 25.8 Å². The molecule has 0 aromatic carbocycles. The van der Waals surface area contributed by atoms with E-state index in [1.165, 1.54) is 24.5 Å². The Morgan fingerprint density at radius 2 is 1.95 bits per heavy atom. The average molecular weight is 492 g/mol. The molecular weight excluding hydrogens is 470 g/mol. The molecule has 1 fully saturated rings. The van der Waals surface area contributed by atoms with Crippen LogP contribution >= 0.6 is 0 Å². The maximum absolute atomic E-state index is 3.59. The van der Waals surface area contributed by atoms with Crippen LogP contribution < -0.4 is 24.8 Å². The molecule has 2 aliphatic carbocycles. The molecule has 108 valence electrons. The summed E-state index contributed by atoms with van der Waals surface area (Å²) in [7, 11) is -0.872. The smallest absolute Gasteiger partial charge is 1.00 e. The van der Waals surface area contributed by atoms with E-state index in [0.717, 1.165) is 6.42 Å². The zero-order valence-corrected chi connectivity index (χ0v) is 18.4. The van der Waals surface area contributed by atoms with Crippen LogP contribution in [0.3, 0.4) is 0 Å². The maximum Gasteiger partial charge on any atom is 4.00 e. The molecule has 0 amide bonds. The number of rotatable bonds is 2. The quantitative estimate of drug-likeness (QED) is 0.336. The van der Waals surface area contributed by atoms with E-state index in [-0.39, 0.29) is 50.7 Å². The van der Waals surface area contributed by atoms with Crippen molar-refractivity contribution in [1.82, 2.24) is 0 Å². The van der Waals surface area contributed by atoms with Crippen LogP contribution in [0.4, 0.5) is 0 Å². The van der Waals surface area contributed by atoms with Crippen LogP contribution in [-0.4, -0.2) is 8.07 Å². The normalized spacial score (nSPS) is 20.1. The number of allylic oxidation sites excluding steroid dienone is 8. The minimum absolute atomic E-state index is 0. The first-order valence-electron chi connectivity index (χ1n) is 6.79. The van der Waals surface area contributed by atoms with Crippen molar-refractivity contribution in [2.75, 3.05) is 0 Å². The third-order valence-electron chi connectivity index (χ3n) is 4.17. The van der Waals surface area contributed by atoms with Gasteiger partial charge in [0.2, 0.25) is 0 Å². The van der Waals surface area contributed by atoms with Crippen LogP contribution in [-0.2, 0) is 25.8 Å². The van der Waals surface area contributed by atoms with E-state index in [2.05, 4.69) is 38.2 Å². The average Bonchev–Trinajstić information content (AvgIpc) is 2.91. The standard InChI is InChI=1S/C11H17Si.C5H5.2ClH.Hf/c1-3-12(7-4-8-12)11-6-5-10(2)9-11;1-2-4-5-3-1;;;/h5H,3-4,6-8H2,1-2H3;1-3H,4H2;2*1H;/q2*-1;;;+4/p-2. The van der Waals surface area contributed by atoms with Gasteiger partial charge in [-0.25, -0.2) is 23.8 Å². The predicted molar refractivity (Wildman–Crippen MR) is 77.2 cm³/mol. The minimum atomic E-state index is -0.872. The van der Waals surface area contributed by atoms with Crippen LogP contribution in [0.15, 0.2) is 35.1 Å². The van der Waals surface area contributed by atoms with Crippen LogP contribution in [0, 0.1) is 12.2 Å². The molecule has 0 bridgehead atoms. The first-order chi connectivity index (χ1) is 8.27. The Bertz CT molecular complexity index is 378. The van der Waals surface area contributed by atoms with Gasteiger partial charge in [-0.2, -0.15) is 11.3 Å². The molecule has 0 aromatic heterocycles. The van der Waals surface area contributed by atoms with E-state index in [4.69, 9.17) is 0 Å². The van der Waals surface area contributed by atoms with E-state index in [1.54, 1.807) is 17.3 Å². The van der Waals surface area contributed by atoms with E-state index in [9.17, 15) is 0 Å². The topological polar surface area (TPSA) is 0 Å². The summed E-state index contributed by atoms with van der Waals surface area (Å²) in [6, 6.07) is 4.55. The number of hydrogen-bond acceptors (Lipinski definition) is 0. The van der Waals surface area contributed by atoms with Crippen molar-refractivity contribution in [1.29, 1.82) is 0 Å². The summed E-state index contributed by atoms with van der Waals surface area (Å²) in [5.74, 6) is 0. The number of hydrogen-bond donors (Lipinski definition) is 0. The van der Waals surface area contributed by atoms with Gasteiger partial charge in [0.15, 0.2) is 0 Å². The van der Waals surface area contributed by atoms with Gasteiger partial charge in [0.05, 0.1) is 8.07 Å². The van der Waals surface area contributed by atoms with Gasteiger partial charge in [-0.15, -0.1) is 12.8 Å². The molecular formula is C16H22Cl2HfSi. The monoisotopic (exact) mass is 492 g/mol. The Morgan fingerprint density at radius 1 is 1.25 bits per heavy atom. The zero-order chi connectivity index (χ0) is 12.1. The van der Waals surface area contributed by atoms with Gasteiger partial charge in [-0.1, -0.05) is 38.4 Å². The van der Waals surface area contributed by atoms with Crippen LogP contribution in [0.2, 0.25) is 18.1 Å². The third-order valence-corrected chi connectivity index (χ3v) is 9.76. The zero-order valence-electron chi connectivity index (χ0n) is 12.3. The van der Waals surface area contributed by atoms with Gasteiger partial charge in [-0.05, 0) is 0 Å². The fraction of sp³-hybridized carbons (Fsp3) is 0.500. The van der Waals surface area contributed by atoms with E-state index in [0.29, 0.717) is 0 Å². The molecule has 0 N–H and O–H groups in total. The summed E-state index contributed by atoms with van der Waals surface area (Å²) in [4.78, 5) is 0. The third kappa shape index (κ3) is 5.79. The maximum atomic E-state index is 3.59. The summed E-state index contributed by atoms with van der Waals surface area (Å²) >= 11 is 0. The van der Waals surface area contributed by atoms with Gasteiger partial charge < -0.3 is 24.8 Å². The molecule has 1 heterocycles. The van der Waals surface area contributed by atoms with Gasteiger partial charge in [-0.3, -0.25) is 12.2 Å². The molecule has 20 heavy (non-hydrogen) atoms. The fourth-order valence-corrected chi connectivity index (χ4v) is 6.70. The summed E-state index contributed by atoms with van der Waals surface area (Å²) in [6.07, 6.45) is 18.7. The summed E-state index contributed by atoms with van der Waals surface area (Å²) in [5, 5.41) is 1.73. The van der Waals surface area contributed by atoms with Crippen molar-refractivity contribution >= 4 is 8.07 Å². The Hall–Kier alpha value is 0.627. The summed E-state index contributed by atoms with van der Waals surface area (Å²) in [5.41, 5.74) is 1.39. The Labute approximate surface area is 156 Å². The second-order valence-corrected chi connectivity index (χ2v) is 10.1. The SMILES string of the molecule is CC[Si]1(C2=[C-]C(C)=CC2)CCC1.[C-]1=CC=CC1.[Cl-].[Cl-].[Hf+4]. The largest absolute Gasteiger partial charge is 4.00 e. The molecule has 0 atom stereocenters. The molecule has 0 unspecified atom stereocenters. The molecule has 0 aromatic rings. The minimum Gasteiger partial charge on any atom is -1.00 e. The molecule has 3 aliphatic rings. The van der Waals surface area contributed by atoms with E-state index >= 15 is 0 Å². The second kappa shape index (κ2) is 11.2. The molecule has 0 nitrogen and oxygen atoms in total. The molecule has 0 saturated carbocycles. The molecule has 1 saturated heterocycles. The summed E-state index contributed by atoms with van der Waals surface area (Å²) in [6.45, 7) is 4.57. The van der Waals surface area contributed by atoms with Crippen molar-refractivity contribution in [2.24, 2.45) is 0 Å². The van der Waals surface area contributed by atoms with Crippen molar-refractivity contribution in [3.05, 3.63) is 47.2 Å². The number of halogens is 2. The Balaban J connectivity index is 0.